The van der Waals surface area contributed by atoms with Crippen LogP contribution in [-0.2, 0) is 4.79 Å². The smallest absolute Gasteiger partial charge is 0.309 e. The van der Waals surface area contributed by atoms with Gasteiger partial charge in [0.25, 0.3) is 0 Å². The van der Waals surface area contributed by atoms with E-state index in [-0.39, 0.29) is 10.8 Å². The van der Waals surface area contributed by atoms with E-state index in [1.807, 2.05) is 13.8 Å². The summed E-state index contributed by atoms with van der Waals surface area (Å²) in [6.45, 7) is 6.45. The predicted octanol–water partition coefficient (Wildman–Crippen LogP) is 4.23. The highest BCUT2D eigenvalue weighted by Gasteiger charge is 2.67. The molecule has 0 saturated heterocycles. The van der Waals surface area contributed by atoms with Crippen molar-refractivity contribution in [3.8, 4) is 0 Å². The van der Waals surface area contributed by atoms with Crippen molar-refractivity contribution in [1.82, 2.24) is 0 Å². The largest absolute Gasteiger partial charge is 0.481 e. The van der Waals surface area contributed by atoms with E-state index in [1.165, 1.54) is 19.3 Å². The average Bonchev–Trinajstić information content (AvgIpc) is 2.63. The van der Waals surface area contributed by atoms with Crippen molar-refractivity contribution < 1.29 is 15.0 Å². The molecule has 2 N–H and O–H groups in total. The second-order valence-electron chi connectivity index (χ2n) is 10.1. The van der Waals surface area contributed by atoms with Gasteiger partial charge in [0.05, 0.1) is 11.0 Å². The van der Waals surface area contributed by atoms with Gasteiger partial charge in [-0.25, -0.2) is 0 Å². The quantitative estimate of drug-likeness (QED) is 0.760. The van der Waals surface area contributed by atoms with Gasteiger partial charge in [0.2, 0.25) is 0 Å². The Kier molecular flexibility index (Phi) is 3.14. The number of carbonyl (C=O) groups is 1. The van der Waals surface area contributed by atoms with Crippen LogP contribution in [0.15, 0.2) is 0 Å². The lowest BCUT2D eigenvalue weighted by atomic mass is 9.41. The molecule has 130 valence electrons. The van der Waals surface area contributed by atoms with E-state index in [0.717, 1.165) is 38.5 Å². The fourth-order valence-corrected chi connectivity index (χ4v) is 8.05. The third kappa shape index (κ3) is 1.89. The molecule has 4 saturated carbocycles. The zero-order valence-electron chi connectivity index (χ0n) is 14.9. The Morgan fingerprint density at radius 2 is 1.74 bits per heavy atom. The van der Waals surface area contributed by atoms with Gasteiger partial charge in [-0.05, 0) is 93.8 Å². The van der Waals surface area contributed by atoms with E-state index in [0.29, 0.717) is 17.8 Å². The molecule has 23 heavy (non-hydrogen) atoms. The monoisotopic (exact) mass is 320 g/mol. The van der Waals surface area contributed by atoms with Gasteiger partial charge in [-0.15, -0.1) is 0 Å². The number of aliphatic carboxylic acids is 1. The molecule has 2 unspecified atom stereocenters. The number of aliphatic hydroxyl groups is 1. The molecule has 0 aromatic heterocycles. The lowest BCUT2D eigenvalue weighted by molar-refractivity contribution is -0.181. The molecule has 1 spiro atoms. The predicted molar refractivity (Wildman–Crippen MR) is 88.9 cm³/mol. The zero-order valence-corrected chi connectivity index (χ0v) is 14.9. The van der Waals surface area contributed by atoms with Gasteiger partial charge in [0.1, 0.15) is 0 Å². The summed E-state index contributed by atoms with van der Waals surface area (Å²) in [6, 6.07) is 0. The Labute approximate surface area is 139 Å². The van der Waals surface area contributed by atoms with Gasteiger partial charge in [0, 0.05) is 0 Å². The highest BCUT2D eigenvalue weighted by atomic mass is 16.4. The maximum absolute atomic E-state index is 12.1. The van der Waals surface area contributed by atoms with Crippen molar-refractivity contribution in [1.29, 1.82) is 0 Å². The Bertz CT molecular complexity index is 541. The normalized spacial score (nSPS) is 58.3. The van der Waals surface area contributed by atoms with Crippen molar-refractivity contribution in [3.63, 3.8) is 0 Å². The van der Waals surface area contributed by atoms with Crippen LogP contribution in [0.4, 0.5) is 0 Å². The minimum atomic E-state index is -0.587. The molecule has 4 rings (SSSR count). The van der Waals surface area contributed by atoms with Gasteiger partial charge in [0.15, 0.2) is 0 Å². The molecule has 0 amide bonds. The van der Waals surface area contributed by atoms with Crippen molar-refractivity contribution >= 4 is 5.97 Å². The third-order valence-electron chi connectivity index (χ3n) is 8.98. The van der Waals surface area contributed by atoms with Gasteiger partial charge >= 0.3 is 5.97 Å². The minimum Gasteiger partial charge on any atom is -0.481 e. The molecule has 0 aromatic rings. The summed E-state index contributed by atoms with van der Waals surface area (Å²) in [6.07, 6.45) is 9.68. The van der Waals surface area contributed by atoms with Crippen LogP contribution in [-0.4, -0.2) is 21.8 Å². The van der Waals surface area contributed by atoms with Crippen LogP contribution < -0.4 is 0 Å². The third-order valence-corrected chi connectivity index (χ3v) is 8.98. The van der Waals surface area contributed by atoms with E-state index >= 15 is 0 Å². The van der Waals surface area contributed by atoms with E-state index in [9.17, 15) is 15.0 Å². The number of hydrogen-bond acceptors (Lipinski definition) is 2. The molecule has 3 heteroatoms. The standard InChI is InChI=1S/C20H32O3/c1-17-8-4-9-18(2,16(21)22)14(17)7-10-20-11-13(5-6-15(17)20)19(3,23)12-20/h13-15,23H,4-12H2,1-3H3,(H,21,22)/t13-,14?,15?,17-,18-,19-,20+/m1/s1. The van der Waals surface area contributed by atoms with Gasteiger partial charge in [-0.3, -0.25) is 4.79 Å². The molecular formula is C20H32O3. The minimum absolute atomic E-state index is 0.148. The topological polar surface area (TPSA) is 57.5 Å². The van der Waals surface area contributed by atoms with Crippen molar-refractivity contribution in [2.75, 3.05) is 0 Å². The molecule has 0 aromatic carbocycles. The average molecular weight is 320 g/mol. The van der Waals surface area contributed by atoms with Gasteiger partial charge in [-0.1, -0.05) is 13.3 Å². The molecular weight excluding hydrogens is 288 g/mol. The molecule has 4 fully saturated rings. The second kappa shape index (κ2) is 4.53. The number of hydrogen-bond donors (Lipinski definition) is 2. The zero-order chi connectivity index (χ0) is 16.7. The van der Waals surface area contributed by atoms with E-state index in [1.54, 1.807) is 0 Å². The highest BCUT2D eigenvalue weighted by Crippen LogP contribution is 2.72. The molecule has 7 atom stereocenters. The Balaban J connectivity index is 1.74. The number of fused-ring (bicyclic) bond motifs is 3. The second-order valence-corrected chi connectivity index (χ2v) is 10.1. The van der Waals surface area contributed by atoms with E-state index in [2.05, 4.69) is 6.92 Å². The SMILES string of the molecule is C[C@@]12CCC[C@@](C)(C(=O)O)C1CC[C@@]13C[C@@H](CCC12)[C@](C)(O)C3. The first-order valence-corrected chi connectivity index (χ1v) is 9.60. The number of rotatable bonds is 1. The van der Waals surface area contributed by atoms with Crippen LogP contribution in [0.2, 0.25) is 0 Å². The summed E-state index contributed by atoms with van der Waals surface area (Å²) in [4.78, 5) is 12.1. The van der Waals surface area contributed by atoms with Crippen LogP contribution in [0.3, 0.4) is 0 Å². The first-order chi connectivity index (χ1) is 10.6. The fourth-order valence-electron chi connectivity index (χ4n) is 8.05. The first kappa shape index (κ1) is 15.9. The summed E-state index contributed by atoms with van der Waals surface area (Å²) >= 11 is 0. The van der Waals surface area contributed by atoms with Crippen molar-refractivity contribution in [2.24, 2.45) is 34.0 Å². The Morgan fingerprint density at radius 1 is 1.00 bits per heavy atom. The lowest BCUT2D eigenvalue weighted by Gasteiger charge is -2.63. The summed E-state index contributed by atoms with van der Waals surface area (Å²) < 4.78 is 0. The number of carboxylic acid groups (broad SMARTS) is 1. The van der Waals surface area contributed by atoms with Crippen molar-refractivity contribution in [2.45, 2.75) is 84.2 Å². The summed E-state index contributed by atoms with van der Waals surface area (Å²) in [5, 5.41) is 20.8. The fraction of sp³-hybridized carbons (Fsp3) is 0.950. The number of carboxylic acids is 1. The summed E-state index contributed by atoms with van der Waals surface area (Å²) in [5.74, 6) is 0.793. The molecule has 4 aliphatic carbocycles. The summed E-state index contributed by atoms with van der Waals surface area (Å²) in [7, 11) is 0. The Morgan fingerprint density at radius 3 is 2.43 bits per heavy atom. The van der Waals surface area contributed by atoms with Crippen molar-refractivity contribution in [3.05, 3.63) is 0 Å². The lowest BCUT2D eigenvalue weighted by Crippen LogP contribution is -2.58. The summed E-state index contributed by atoms with van der Waals surface area (Å²) in [5.41, 5.74) is -0.612. The molecule has 2 bridgehead atoms. The van der Waals surface area contributed by atoms with Crippen LogP contribution in [0, 0.1) is 34.0 Å². The van der Waals surface area contributed by atoms with Crippen LogP contribution >= 0.6 is 0 Å². The molecule has 3 nitrogen and oxygen atoms in total. The van der Waals surface area contributed by atoms with Gasteiger partial charge in [-0.2, -0.15) is 0 Å². The molecule has 0 heterocycles. The molecule has 0 aliphatic heterocycles. The Hall–Kier alpha value is -0.570. The highest BCUT2D eigenvalue weighted by molar-refractivity contribution is 5.75. The van der Waals surface area contributed by atoms with E-state index in [4.69, 9.17) is 0 Å². The van der Waals surface area contributed by atoms with Gasteiger partial charge < -0.3 is 10.2 Å². The maximum atomic E-state index is 12.1. The maximum Gasteiger partial charge on any atom is 0.309 e. The van der Waals surface area contributed by atoms with E-state index < -0.39 is 17.0 Å². The van der Waals surface area contributed by atoms with Crippen LogP contribution in [0.25, 0.3) is 0 Å². The first-order valence-electron chi connectivity index (χ1n) is 9.60. The van der Waals surface area contributed by atoms with Crippen LogP contribution in [0.5, 0.6) is 0 Å². The molecule has 0 radical (unpaired) electrons. The van der Waals surface area contributed by atoms with Crippen LogP contribution in [0.1, 0.15) is 78.6 Å². The molecule has 4 aliphatic rings.